The molecule has 0 rings (SSSR count). The van der Waals surface area contributed by atoms with Crippen molar-refractivity contribution in [1.29, 1.82) is 0 Å². The molecule has 0 N–H and O–H groups in total. The molecule has 0 bridgehead atoms. The number of carbonyl (C=O) groups excluding carboxylic acids is 3. The van der Waals surface area contributed by atoms with Gasteiger partial charge in [0.25, 0.3) is 0 Å². The lowest BCUT2D eigenvalue weighted by molar-refractivity contribution is -0.167. The van der Waals surface area contributed by atoms with E-state index in [1.807, 2.05) is 0 Å². The Balaban J connectivity index is 4.41. The van der Waals surface area contributed by atoms with Gasteiger partial charge in [0, 0.05) is 19.3 Å². The lowest BCUT2D eigenvalue weighted by Crippen LogP contribution is -2.30. The molecular weight excluding hydrogens is 709 g/mol. The first-order valence-electron chi connectivity index (χ1n) is 24.1. The van der Waals surface area contributed by atoms with Gasteiger partial charge in [0.1, 0.15) is 13.2 Å². The highest BCUT2D eigenvalue weighted by Crippen LogP contribution is 2.13. The molecule has 0 saturated carbocycles. The molecule has 1 atom stereocenters. The Morgan fingerprint density at radius 2 is 0.649 bits per heavy atom. The molecule has 0 heterocycles. The lowest BCUT2D eigenvalue weighted by Gasteiger charge is -2.18. The van der Waals surface area contributed by atoms with Gasteiger partial charge in [0.05, 0.1) is 0 Å². The number of allylic oxidation sites excluding steroid dienone is 8. The molecule has 0 aromatic carbocycles. The summed E-state index contributed by atoms with van der Waals surface area (Å²) in [5, 5.41) is 0. The maximum Gasteiger partial charge on any atom is 0.306 e. The van der Waals surface area contributed by atoms with Crippen LogP contribution in [0.25, 0.3) is 0 Å². The van der Waals surface area contributed by atoms with E-state index >= 15 is 0 Å². The average molecular weight is 799 g/mol. The van der Waals surface area contributed by atoms with Crippen molar-refractivity contribution in [2.24, 2.45) is 0 Å². The van der Waals surface area contributed by atoms with Crippen LogP contribution in [0.4, 0.5) is 0 Å². The summed E-state index contributed by atoms with van der Waals surface area (Å²) < 4.78 is 16.7. The molecule has 0 saturated heterocycles. The third kappa shape index (κ3) is 44.3. The molecule has 0 aliphatic heterocycles. The molecule has 330 valence electrons. The van der Waals surface area contributed by atoms with Crippen molar-refractivity contribution >= 4 is 17.9 Å². The SMILES string of the molecule is CCCC/C=C\CCCCCCCC(=O)OC[C@H](COC(=O)CCCCCCC/C=C\C/C=C\CCCCC)OC(=O)CCCCCCC/C=C\CCCCCC. The van der Waals surface area contributed by atoms with Crippen molar-refractivity contribution in [2.45, 2.75) is 245 Å². The van der Waals surface area contributed by atoms with Crippen LogP contribution in [-0.2, 0) is 28.6 Å². The minimum absolute atomic E-state index is 0.0853. The van der Waals surface area contributed by atoms with E-state index in [1.165, 1.54) is 103 Å². The molecule has 0 unspecified atom stereocenters. The van der Waals surface area contributed by atoms with Gasteiger partial charge in [-0.15, -0.1) is 0 Å². The number of hydrogen-bond donors (Lipinski definition) is 0. The smallest absolute Gasteiger partial charge is 0.306 e. The van der Waals surface area contributed by atoms with Crippen LogP contribution < -0.4 is 0 Å². The summed E-state index contributed by atoms with van der Waals surface area (Å²) in [6, 6.07) is 0. The van der Waals surface area contributed by atoms with Crippen LogP contribution in [0.1, 0.15) is 239 Å². The second-order valence-corrected chi connectivity index (χ2v) is 16.0. The van der Waals surface area contributed by atoms with E-state index < -0.39 is 6.10 Å². The zero-order valence-corrected chi connectivity index (χ0v) is 37.6. The van der Waals surface area contributed by atoms with E-state index in [9.17, 15) is 14.4 Å². The Bertz CT molecular complexity index is 1010. The Morgan fingerprint density at radius 3 is 1.07 bits per heavy atom. The molecule has 0 amide bonds. The fourth-order valence-electron chi connectivity index (χ4n) is 6.56. The van der Waals surface area contributed by atoms with Crippen molar-refractivity contribution in [1.82, 2.24) is 0 Å². The average Bonchev–Trinajstić information content (AvgIpc) is 3.21. The highest BCUT2D eigenvalue weighted by molar-refractivity contribution is 5.71. The van der Waals surface area contributed by atoms with Gasteiger partial charge in [-0.2, -0.15) is 0 Å². The highest BCUT2D eigenvalue weighted by atomic mass is 16.6. The first-order valence-corrected chi connectivity index (χ1v) is 24.1. The number of hydrogen-bond acceptors (Lipinski definition) is 6. The summed E-state index contributed by atoms with van der Waals surface area (Å²) in [6.45, 7) is 6.53. The maximum atomic E-state index is 12.7. The van der Waals surface area contributed by atoms with Gasteiger partial charge in [0.15, 0.2) is 6.10 Å². The minimum Gasteiger partial charge on any atom is -0.462 e. The first-order chi connectivity index (χ1) is 28.0. The fourth-order valence-corrected chi connectivity index (χ4v) is 6.56. The molecule has 0 radical (unpaired) electrons. The van der Waals surface area contributed by atoms with E-state index in [4.69, 9.17) is 14.2 Å². The Hall–Kier alpha value is -2.63. The molecule has 6 nitrogen and oxygen atoms in total. The summed E-state index contributed by atoms with van der Waals surface area (Å²) in [4.78, 5) is 37.8. The molecule has 0 aliphatic carbocycles. The summed E-state index contributed by atoms with van der Waals surface area (Å²) in [5.74, 6) is -0.916. The van der Waals surface area contributed by atoms with Gasteiger partial charge in [-0.25, -0.2) is 0 Å². The Labute approximate surface area is 352 Å². The van der Waals surface area contributed by atoms with Crippen LogP contribution in [0.15, 0.2) is 48.6 Å². The van der Waals surface area contributed by atoms with Crippen LogP contribution in [0, 0.1) is 0 Å². The van der Waals surface area contributed by atoms with Crippen molar-refractivity contribution < 1.29 is 28.6 Å². The normalized spacial score (nSPS) is 12.4. The van der Waals surface area contributed by atoms with Crippen LogP contribution in [-0.4, -0.2) is 37.2 Å². The molecule has 6 heteroatoms. The molecule has 57 heavy (non-hydrogen) atoms. The molecular formula is C51H90O6. The van der Waals surface area contributed by atoms with E-state index in [1.54, 1.807) is 0 Å². The third-order valence-electron chi connectivity index (χ3n) is 10.3. The first kappa shape index (κ1) is 54.4. The van der Waals surface area contributed by atoms with E-state index in [0.29, 0.717) is 19.3 Å². The van der Waals surface area contributed by atoms with Crippen molar-refractivity contribution in [3.05, 3.63) is 48.6 Å². The number of carbonyl (C=O) groups is 3. The summed E-state index contributed by atoms with van der Waals surface area (Å²) in [6.07, 6.45) is 53.7. The molecule has 0 spiro atoms. The predicted molar refractivity (Wildman–Crippen MR) is 242 cm³/mol. The lowest BCUT2D eigenvalue weighted by atomic mass is 10.1. The number of unbranched alkanes of at least 4 members (excludes halogenated alkanes) is 24. The minimum atomic E-state index is -0.783. The van der Waals surface area contributed by atoms with Crippen LogP contribution in [0.2, 0.25) is 0 Å². The number of esters is 3. The van der Waals surface area contributed by atoms with E-state index in [2.05, 4.69) is 69.4 Å². The van der Waals surface area contributed by atoms with Crippen LogP contribution >= 0.6 is 0 Å². The zero-order chi connectivity index (χ0) is 41.5. The molecule has 0 aliphatic rings. The van der Waals surface area contributed by atoms with Crippen LogP contribution in [0.5, 0.6) is 0 Å². The highest BCUT2D eigenvalue weighted by Gasteiger charge is 2.19. The topological polar surface area (TPSA) is 78.9 Å². The zero-order valence-electron chi connectivity index (χ0n) is 37.6. The van der Waals surface area contributed by atoms with Crippen molar-refractivity contribution in [3.63, 3.8) is 0 Å². The van der Waals surface area contributed by atoms with Gasteiger partial charge < -0.3 is 14.2 Å². The quantitative estimate of drug-likeness (QED) is 0.0265. The number of ether oxygens (including phenoxy) is 3. The Kier molecular flexibility index (Phi) is 43.9. The Morgan fingerprint density at radius 1 is 0.351 bits per heavy atom. The van der Waals surface area contributed by atoms with Crippen molar-refractivity contribution in [3.8, 4) is 0 Å². The molecule has 0 aromatic rings. The van der Waals surface area contributed by atoms with E-state index in [0.717, 1.165) is 96.3 Å². The molecule has 0 fully saturated rings. The van der Waals surface area contributed by atoms with Gasteiger partial charge in [-0.1, -0.05) is 172 Å². The second-order valence-electron chi connectivity index (χ2n) is 16.0. The number of rotatable bonds is 43. The van der Waals surface area contributed by atoms with Crippen LogP contribution in [0.3, 0.4) is 0 Å². The van der Waals surface area contributed by atoms with Crippen molar-refractivity contribution in [2.75, 3.05) is 13.2 Å². The van der Waals surface area contributed by atoms with Gasteiger partial charge in [-0.3, -0.25) is 14.4 Å². The summed E-state index contributed by atoms with van der Waals surface area (Å²) in [7, 11) is 0. The fraction of sp³-hybridized carbons (Fsp3) is 0.784. The summed E-state index contributed by atoms with van der Waals surface area (Å²) in [5.41, 5.74) is 0. The van der Waals surface area contributed by atoms with E-state index in [-0.39, 0.29) is 31.1 Å². The van der Waals surface area contributed by atoms with Gasteiger partial charge >= 0.3 is 17.9 Å². The standard InChI is InChI=1S/C51H90O6/c1-4-7-10-13-16-19-22-24-25-27-29-32-35-38-41-44-50(53)56-47-48(46-55-49(52)43-40-37-34-31-28-21-18-15-12-9-6-3)57-51(54)45-42-39-36-33-30-26-23-20-17-14-11-8-5-2/h15-16,18-20,23-25,48H,4-14,17,21-22,26-47H2,1-3H3/b18-15-,19-16-,23-20-,25-24-/t48-/m1/s1. The van der Waals surface area contributed by atoms with Gasteiger partial charge in [0.2, 0.25) is 0 Å². The predicted octanol–water partition coefficient (Wildman–Crippen LogP) is 15.5. The maximum absolute atomic E-state index is 12.7. The van der Waals surface area contributed by atoms with Gasteiger partial charge in [-0.05, 0) is 96.3 Å². The molecule has 0 aromatic heterocycles. The second kappa shape index (κ2) is 46.1. The third-order valence-corrected chi connectivity index (χ3v) is 10.3. The largest absolute Gasteiger partial charge is 0.462 e. The monoisotopic (exact) mass is 799 g/mol. The summed E-state index contributed by atoms with van der Waals surface area (Å²) >= 11 is 0.